The molecule has 1 N–H and O–H groups in total. The minimum Gasteiger partial charge on any atom is -0.320 e. The van der Waals surface area contributed by atoms with Crippen LogP contribution in [0.3, 0.4) is 0 Å². The molecule has 1 atom stereocenters. The van der Waals surface area contributed by atoms with Gasteiger partial charge in [-0.1, -0.05) is 38.1 Å². The van der Waals surface area contributed by atoms with E-state index < -0.39 is 0 Å². The number of nitrogens with one attached hydrogen (secondary N) is 1. The third-order valence-corrected chi connectivity index (χ3v) is 4.59. The van der Waals surface area contributed by atoms with Crippen molar-refractivity contribution in [1.29, 1.82) is 0 Å². The number of aryl methyl sites for hydroxylation is 2. The van der Waals surface area contributed by atoms with Crippen molar-refractivity contribution in [1.82, 2.24) is 9.38 Å². The molecular weight excluding hydrogens is 298 g/mol. The summed E-state index contributed by atoms with van der Waals surface area (Å²) in [4.78, 5) is 17.5. The van der Waals surface area contributed by atoms with Gasteiger partial charge < -0.3 is 5.32 Å². The van der Waals surface area contributed by atoms with Crippen LogP contribution in [0.2, 0.25) is 0 Å². The molecule has 2 heterocycles. The van der Waals surface area contributed by atoms with Gasteiger partial charge in [-0.25, -0.2) is 4.98 Å². The summed E-state index contributed by atoms with van der Waals surface area (Å²) in [6.45, 7) is 8.21. The highest BCUT2D eigenvalue weighted by Crippen LogP contribution is 2.27. The quantitative estimate of drug-likeness (QED) is 0.756. The predicted molar refractivity (Wildman–Crippen MR) is 97.8 cm³/mol. The fraction of sp³-hybridized carbons (Fsp3) is 0.300. The van der Waals surface area contributed by atoms with E-state index in [-0.39, 0.29) is 5.91 Å². The van der Waals surface area contributed by atoms with E-state index in [2.05, 4.69) is 30.2 Å². The number of imidazole rings is 1. The summed E-state index contributed by atoms with van der Waals surface area (Å²) in [5.41, 5.74) is 5.25. The van der Waals surface area contributed by atoms with Crippen molar-refractivity contribution in [2.45, 2.75) is 40.0 Å². The van der Waals surface area contributed by atoms with Gasteiger partial charge >= 0.3 is 0 Å². The van der Waals surface area contributed by atoms with Gasteiger partial charge in [-0.3, -0.25) is 9.20 Å². The van der Waals surface area contributed by atoms with Gasteiger partial charge in [0.25, 0.3) is 5.91 Å². The molecule has 1 amide bonds. The monoisotopic (exact) mass is 321 g/mol. The van der Waals surface area contributed by atoms with E-state index >= 15 is 0 Å². The van der Waals surface area contributed by atoms with Crippen molar-refractivity contribution >= 4 is 17.2 Å². The summed E-state index contributed by atoms with van der Waals surface area (Å²) in [6.07, 6.45) is 2.92. The Kier molecular flexibility index (Phi) is 4.38. The highest BCUT2D eigenvalue weighted by Gasteiger charge is 2.19. The summed E-state index contributed by atoms with van der Waals surface area (Å²) < 4.78 is 1.87. The molecule has 3 rings (SSSR count). The number of carbonyl (C=O) groups is 1. The molecule has 0 fully saturated rings. The minimum atomic E-state index is -0.124. The third kappa shape index (κ3) is 2.80. The van der Waals surface area contributed by atoms with Gasteiger partial charge in [-0.2, -0.15) is 0 Å². The van der Waals surface area contributed by atoms with Crippen molar-refractivity contribution < 1.29 is 4.79 Å². The molecule has 0 saturated carbocycles. The van der Waals surface area contributed by atoms with Crippen LogP contribution in [0.1, 0.15) is 53.5 Å². The minimum absolute atomic E-state index is 0.124. The zero-order valence-corrected chi connectivity index (χ0v) is 14.6. The van der Waals surface area contributed by atoms with Crippen molar-refractivity contribution in [3.63, 3.8) is 0 Å². The molecule has 4 nitrogen and oxygen atoms in total. The van der Waals surface area contributed by atoms with Gasteiger partial charge in [0, 0.05) is 11.9 Å². The first-order chi connectivity index (χ1) is 11.5. The van der Waals surface area contributed by atoms with Gasteiger partial charge in [0.15, 0.2) is 0 Å². The van der Waals surface area contributed by atoms with Gasteiger partial charge in [0.2, 0.25) is 0 Å². The Bertz CT molecular complexity index is 895. The van der Waals surface area contributed by atoms with Gasteiger partial charge in [0.1, 0.15) is 11.3 Å². The lowest BCUT2D eigenvalue weighted by atomic mass is 9.97. The smallest absolute Gasteiger partial charge is 0.274 e. The molecule has 1 unspecified atom stereocenters. The van der Waals surface area contributed by atoms with Crippen molar-refractivity contribution in [2.24, 2.45) is 0 Å². The van der Waals surface area contributed by atoms with Crippen LogP contribution in [0.5, 0.6) is 0 Å². The molecule has 0 radical (unpaired) electrons. The van der Waals surface area contributed by atoms with Crippen molar-refractivity contribution in [3.05, 3.63) is 65.1 Å². The maximum absolute atomic E-state index is 12.9. The second-order valence-electron chi connectivity index (χ2n) is 6.28. The maximum atomic E-state index is 12.9. The number of benzene rings is 1. The van der Waals surface area contributed by atoms with Crippen LogP contribution in [-0.2, 0) is 0 Å². The molecule has 0 aliphatic carbocycles. The van der Waals surface area contributed by atoms with Gasteiger partial charge in [-0.05, 0) is 49.4 Å². The van der Waals surface area contributed by atoms with E-state index in [1.54, 1.807) is 0 Å². The van der Waals surface area contributed by atoms with E-state index in [9.17, 15) is 4.79 Å². The van der Waals surface area contributed by atoms with E-state index in [0.717, 1.165) is 34.6 Å². The van der Waals surface area contributed by atoms with Crippen LogP contribution in [0.15, 0.2) is 42.6 Å². The van der Waals surface area contributed by atoms with E-state index in [1.807, 2.05) is 54.8 Å². The highest BCUT2D eigenvalue weighted by atomic mass is 16.2. The Morgan fingerprint density at radius 3 is 2.71 bits per heavy atom. The number of hydrogen-bond acceptors (Lipinski definition) is 2. The Hall–Kier alpha value is -2.62. The lowest BCUT2D eigenvalue weighted by Crippen LogP contribution is -2.17. The molecule has 0 saturated heterocycles. The Labute approximate surface area is 142 Å². The molecule has 0 aliphatic heterocycles. The summed E-state index contributed by atoms with van der Waals surface area (Å²) >= 11 is 0. The number of aromatic nitrogens is 2. The predicted octanol–water partition coefficient (Wildman–Crippen LogP) is 4.72. The second kappa shape index (κ2) is 6.48. The number of nitrogens with zero attached hydrogens (tertiary/aromatic N) is 2. The molecule has 4 heteroatoms. The highest BCUT2D eigenvalue weighted by molar-refractivity contribution is 6.05. The summed E-state index contributed by atoms with van der Waals surface area (Å²) in [5.74, 6) is 0.272. The van der Waals surface area contributed by atoms with Crippen LogP contribution in [0.4, 0.5) is 5.69 Å². The van der Waals surface area contributed by atoms with Crippen LogP contribution >= 0.6 is 0 Å². The zero-order chi connectivity index (χ0) is 17.3. The molecule has 3 aromatic rings. The largest absolute Gasteiger partial charge is 0.320 e. The lowest BCUT2D eigenvalue weighted by molar-refractivity contribution is 0.102. The fourth-order valence-electron chi connectivity index (χ4n) is 3.03. The normalized spacial score (nSPS) is 12.3. The standard InChI is InChI=1S/C20H23N3O/c1-5-13(2)16-10-6-7-11-17(16)22-20(24)18-15(4)21-19-14(3)9-8-12-23(18)19/h6-13H,5H2,1-4H3,(H,22,24). The topological polar surface area (TPSA) is 46.4 Å². The summed E-state index contributed by atoms with van der Waals surface area (Å²) in [5, 5.41) is 3.08. The number of fused-ring (bicyclic) bond motifs is 1. The second-order valence-corrected chi connectivity index (χ2v) is 6.28. The molecular formula is C20H23N3O. The number of anilines is 1. The van der Waals surface area contributed by atoms with E-state index in [1.165, 1.54) is 0 Å². The van der Waals surface area contributed by atoms with Crippen LogP contribution in [-0.4, -0.2) is 15.3 Å². The van der Waals surface area contributed by atoms with Gasteiger partial charge in [-0.15, -0.1) is 0 Å². The van der Waals surface area contributed by atoms with E-state index in [0.29, 0.717) is 11.6 Å². The molecule has 0 aliphatic rings. The maximum Gasteiger partial charge on any atom is 0.274 e. The average Bonchev–Trinajstić information content (AvgIpc) is 2.92. The molecule has 24 heavy (non-hydrogen) atoms. The first kappa shape index (κ1) is 16.2. The SMILES string of the molecule is CCC(C)c1ccccc1NC(=O)c1c(C)nc2c(C)cccn12. The molecule has 1 aromatic carbocycles. The Balaban J connectivity index is 2.00. The molecule has 0 bridgehead atoms. The van der Waals surface area contributed by atoms with Gasteiger partial charge in [0.05, 0.1) is 5.69 Å². The third-order valence-electron chi connectivity index (χ3n) is 4.59. The lowest BCUT2D eigenvalue weighted by Gasteiger charge is -2.15. The van der Waals surface area contributed by atoms with E-state index in [4.69, 9.17) is 0 Å². The van der Waals surface area contributed by atoms with Crippen LogP contribution < -0.4 is 5.32 Å². The molecule has 0 spiro atoms. The first-order valence-electron chi connectivity index (χ1n) is 8.37. The number of amides is 1. The Morgan fingerprint density at radius 1 is 1.21 bits per heavy atom. The Morgan fingerprint density at radius 2 is 1.96 bits per heavy atom. The molecule has 2 aromatic heterocycles. The number of para-hydroxylation sites is 1. The average molecular weight is 321 g/mol. The number of hydrogen-bond donors (Lipinski definition) is 1. The summed E-state index contributed by atoms with van der Waals surface area (Å²) in [7, 11) is 0. The van der Waals surface area contributed by atoms with Crippen LogP contribution in [0.25, 0.3) is 5.65 Å². The zero-order valence-electron chi connectivity index (χ0n) is 14.6. The number of rotatable bonds is 4. The molecule has 124 valence electrons. The van der Waals surface area contributed by atoms with Crippen LogP contribution in [0, 0.1) is 13.8 Å². The van der Waals surface area contributed by atoms with Crippen molar-refractivity contribution in [2.75, 3.05) is 5.32 Å². The number of pyridine rings is 1. The fourth-order valence-corrected chi connectivity index (χ4v) is 3.03. The van der Waals surface area contributed by atoms with Crippen molar-refractivity contribution in [3.8, 4) is 0 Å². The summed E-state index contributed by atoms with van der Waals surface area (Å²) in [6, 6.07) is 11.9. The number of carbonyl (C=O) groups excluding carboxylic acids is 1. The first-order valence-corrected chi connectivity index (χ1v) is 8.37.